The number of benzene rings is 1. The highest BCUT2D eigenvalue weighted by Gasteiger charge is 2.15. The number of aryl methyl sites for hydroxylation is 1. The van der Waals surface area contributed by atoms with Crippen LogP contribution in [0.5, 0.6) is 0 Å². The van der Waals surface area contributed by atoms with Gasteiger partial charge in [0.25, 0.3) is 0 Å². The van der Waals surface area contributed by atoms with E-state index in [1.807, 2.05) is 23.9 Å². The van der Waals surface area contributed by atoms with Gasteiger partial charge in [-0.2, -0.15) is 5.10 Å². The molecule has 0 saturated heterocycles. The van der Waals surface area contributed by atoms with E-state index in [0.29, 0.717) is 0 Å². The van der Waals surface area contributed by atoms with Gasteiger partial charge in [0.2, 0.25) is 0 Å². The molecule has 1 atom stereocenters. The van der Waals surface area contributed by atoms with Crippen molar-refractivity contribution in [1.29, 1.82) is 0 Å². The first-order valence-electron chi connectivity index (χ1n) is 5.15. The second-order valence-corrected chi connectivity index (χ2v) is 3.65. The molecule has 80 valence electrons. The fourth-order valence-electron chi connectivity index (χ4n) is 1.89. The quantitative estimate of drug-likeness (QED) is 0.588. The molecule has 0 aliphatic carbocycles. The maximum Gasteiger partial charge on any atom is 0.0885 e. The van der Waals surface area contributed by atoms with Crippen LogP contribution in [-0.2, 0) is 7.05 Å². The van der Waals surface area contributed by atoms with Crippen molar-refractivity contribution in [1.82, 2.24) is 15.2 Å². The predicted octanol–water partition coefficient (Wildman–Crippen LogP) is 1.49. The van der Waals surface area contributed by atoms with Crippen LogP contribution in [0.2, 0.25) is 0 Å². The Morgan fingerprint density at radius 1 is 1.47 bits per heavy atom. The van der Waals surface area contributed by atoms with Crippen LogP contribution in [0.15, 0.2) is 24.3 Å². The van der Waals surface area contributed by atoms with E-state index < -0.39 is 0 Å². The number of fused-ring (bicyclic) bond motifs is 1. The zero-order chi connectivity index (χ0) is 10.8. The third-order valence-corrected chi connectivity index (χ3v) is 2.73. The Balaban J connectivity index is 2.61. The van der Waals surface area contributed by atoms with Gasteiger partial charge in [0, 0.05) is 12.4 Å². The molecule has 0 saturated carbocycles. The summed E-state index contributed by atoms with van der Waals surface area (Å²) in [5.74, 6) is 5.52. The van der Waals surface area contributed by atoms with Gasteiger partial charge in [-0.15, -0.1) is 0 Å². The van der Waals surface area contributed by atoms with Crippen molar-refractivity contribution in [2.75, 3.05) is 0 Å². The fraction of sp³-hybridized carbons (Fsp3) is 0.364. The lowest BCUT2D eigenvalue weighted by molar-refractivity contribution is 0.521. The number of hydrogen-bond acceptors (Lipinski definition) is 3. The van der Waals surface area contributed by atoms with Crippen molar-refractivity contribution in [2.45, 2.75) is 19.4 Å². The van der Waals surface area contributed by atoms with E-state index in [1.165, 1.54) is 5.39 Å². The molecule has 1 heterocycles. The lowest BCUT2D eigenvalue weighted by Crippen LogP contribution is -2.27. The summed E-state index contributed by atoms with van der Waals surface area (Å²) in [7, 11) is 1.95. The van der Waals surface area contributed by atoms with Gasteiger partial charge in [0.05, 0.1) is 17.3 Å². The molecule has 0 spiro atoms. The van der Waals surface area contributed by atoms with Crippen LogP contribution in [0.25, 0.3) is 10.9 Å². The monoisotopic (exact) mass is 204 g/mol. The minimum atomic E-state index is 0.121. The van der Waals surface area contributed by atoms with Gasteiger partial charge in [0.1, 0.15) is 0 Å². The maximum atomic E-state index is 5.52. The molecule has 2 rings (SSSR count). The average Bonchev–Trinajstić information content (AvgIpc) is 2.60. The van der Waals surface area contributed by atoms with Gasteiger partial charge in [0.15, 0.2) is 0 Å². The Bertz CT molecular complexity index is 457. The minimum Gasteiger partial charge on any atom is -0.271 e. The number of nitrogens with one attached hydrogen (secondary N) is 1. The normalized spacial score (nSPS) is 13.3. The second-order valence-electron chi connectivity index (χ2n) is 3.65. The van der Waals surface area contributed by atoms with Crippen LogP contribution in [0.4, 0.5) is 0 Å². The summed E-state index contributed by atoms with van der Waals surface area (Å²) in [4.78, 5) is 0. The zero-order valence-corrected chi connectivity index (χ0v) is 9.07. The van der Waals surface area contributed by atoms with Crippen LogP contribution in [0, 0.1) is 0 Å². The second kappa shape index (κ2) is 4.00. The van der Waals surface area contributed by atoms with E-state index in [2.05, 4.69) is 29.6 Å². The highest BCUT2D eigenvalue weighted by atomic mass is 15.3. The molecule has 0 radical (unpaired) electrons. The van der Waals surface area contributed by atoms with E-state index in [-0.39, 0.29) is 6.04 Å². The van der Waals surface area contributed by atoms with Crippen molar-refractivity contribution in [3.8, 4) is 0 Å². The van der Waals surface area contributed by atoms with Gasteiger partial charge in [-0.1, -0.05) is 25.1 Å². The summed E-state index contributed by atoms with van der Waals surface area (Å²) < 4.78 is 1.89. The Labute approximate surface area is 89.0 Å². The van der Waals surface area contributed by atoms with Crippen molar-refractivity contribution >= 4 is 10.9 Å². The van der Waals surface area contributed by atoms with E-state index in [9.17, 15) is 0 Å². The molecule has 2 aromatic rings. The van der Waals surface area contributed by atoms with Crippen LogP contribution in [0.1, 0.15) is 25.1 Å². The molecule has 4 heteroatoms. The number of nitrogens with zero attached hydrogens (tertiary/aromatic N) is 2. The Hall–Kier alpha value is -1.39. The van der Waals surface area contributed by atoms with Crippen molar-refractivity contribution < 1.29 is 0 Å². The number of hydrazine groups is 1. The Morgan fingerprint density at radius 3 is 2.87 bits per heavy atom. The highest BCUT2D eigenvalue weighted by Crippen LogP contribution is 2.24. The molecule has 3 N–H and O–H groups in total. The van der Waals surface area contributed by atoms with Gasteiger partial charge >= 0.3 is 0 Å². The van der Waals surface area contributed by atoms with Gasteiger partial charge < -0.3 is 0 Å². The number of nitrogens with two attached hydrogens (primary N) is 1. The molecule has 0 fully saturated rings. The van der Waals surface area contributed by atoms with Gasteiger partial charge in [-0.3, -0.25) is 16.0 Å². The molecule has 15 heavy (non-hydrogen) atoms. The average molecular weight is 204 g/mol. The molecule has 0 bridgehead atoms. The highest BCUT2D eigenvalue weighted by molar-refractivity contribution is 5.82. The zero-order valence-electron chi connectivity index (χ0n) is 9.07. The smallest absolute Gasteiger partial charge is 0.0885 e. The molecule has 1 aromatic heterocycles. The SMILES string of the molecule is CCC(NN)c1nn(C)c2ccccc12. The summed E-state index contributed by atoms with van der Waals surface area (Å²) >= 11 is 0. The first-order valence-corrected chi connectivity index (χ1v) is 5.15. The van der Waals surface area contributed by atoms with Crippen LogP contribution in [-0.4, -0.2) is 9.78 Å². The first-order chi connectivity index (χ1) is 7.27. The van der Waals surface area contributed by atoms with Crippen molar-refractivity contribution in [3.05, 3.63) is 30.0 Å². The summed E-state index contributed by atoms with van der Waals surface area (Å²) in [6, 6.07) is 8.31. The number of rotatable bonds is 3. The molecule has 4 nitrogen and oxygen atoms in total. The first kappa shape index (κ1) is 10.1. The summed E-state index contributed by atoms with van der Waals surface area (Å²) in [5, 5.41) is 5.68. The molecule has 1 unspecified atom stereocenters. The number of para-hydroxylation sites is 1. The molecule has 0 aliphatic heterocycles. The largest absolute Gasteiger partial charge is 0.271 e. The van der Waals surface area contributed by atoms with Crippen molar-refractivity contribution in [2.24, 2.45) is 12.9 Å². The summed E-state index contributed by atoms with van der Waals surface area (Å²) in [6.07, 6.45) is 0.928. The van der Waals surface area contributed by atoms with Gasteiger partial charge in [-0.25, -0.2) is 0 Å². The topological polar surface area (TPSA) is 55.9 Å². The Morgan fingerprint density at radius 2 is 2.20 bits per heavy atom. The predicted molar refractivity (Wildman–Crippen MR) is 61.1 cm³/mol. The van der Waals surface area contributed by atoms with Gasteiger partial charge in [-0.05, 0) is 12.5 Å². The van der Waals surface area contributed by atoms with E-state index in [4.69, 9.17) is 5.84 Å². The van der Waals surface area contributed by atoms with Crippen LogP contribution >= 0.6 is 0 Å². The molecule has 1 aromatic carbocycles. The number of hydrogen-bond donors (Lipinski definition) is 2. The lowest BCUT2D eigenvalue weighted by atomic mass is 10.1. The fourth-order valence-corrected chi connectivity index (χ4v) is 1.89. The van der Waals surface area contributed by atoms with Crippen LogP contribution < -0.4 is 11.3 Å². The van der Waals surface area contributed by atoms with E-state index in [1.54, 1.807) is 0 Å². The third kappa shape index (κ3) is 1.62. The third-order valence-electron chi connectivity index (χ3n) is 2.73. The van der Waals surface area contributed by atoms with Crippen LogP contribution in [0.3, 0.4) is 0 Å². The molecule has 0 amide bonds. The van der Waals surface area contributed by atoms with E-state index in [0.717, 1.165) is 17.6 Å². The Kier molecular flexibility index (Phi) is 2.70. The van der Waals surface area contributed by atoms with Crippen molar-refractivity contribution in [3.63, 3.8) is 0 Å². The summed E-state index contributed by atoms with van der Waals surface area (Å²) in [5.41, 5.74) is 4.96. The molecular formula is C11H16N4. The van der Waals surface area contributed by atoms with E-state index >= 15 is 0 Å². The standard InChI is InChI=1S/C11H16N4/c1-3-9(13-12)11-8-6-4-5-7-10(8)15(2)14-11/h4-7,9,13H,3,12H2,1-2H3. The molecule has 0 aliphatic rings. The maximum absolute atomic E-state index is 5.52. The minimum absolute atomic E-state index is 0.121. The lowest BCUT2D eigenvalue weighted by Gasteiger charge is -2.10. The number of aromatic nitrogens is 2. The summed E-state index contributed by atoms with van der Waals surface area (Å²) in [6.45, 7) is 2.09. The molecular weight excluding hydrogens is 188 g/mol.